The Balaban J connectivity index is 2.22. The van der Waals surface area contributed by atoms with Crippen molar-refractivity contribution in [3.63, 3.8) is 0 Å². The van der Waals surface area contributed by atoms with Crippen molar-refractivity contribution in [3.05, 3.63) is 0 Å². The molecular formula is C10H18O3. The third-order valence-corrected chi connectivity index (χ3v) is 3.77. The molecule has 3 nitrogen and oxygen atoms in total. The Bertz CT molecular complexity index is 190. The first-order valence-corrected chi connectivity index (χ1v) is 5.06. The van der Waals surface area contributed by atoms with E-state index in [1.807, 2.05) is 0 Å². The molecule has 0 aromatic heterocycles. The van der Waals surface area contributed by atoms with Crippen molar-refractivity contribution < 1.29 is 14.9 Å². The number of hydrogen-bond acceptors (Lipinski definition) is 3. The molecule has 1 aliphatic carbocycles. The Morgan fingerprint density at radius 1 is 1.23 bits per heavy atom. The Kier molecular flexibility index (Phi) is 2.13. The zero-order valence-electron chi connectivity index (χ0n) is 8.12. The van der Waals surface area contributed by atoms with Gasteiger partial charge in [-0.05, 0) is 38.5 Å². The largest absolute Gasteiger partial charge is 0.393 e. The van der Waals surface area contributed by atoms with E-state index < -0.39 is 5.60 Å². The van der Waals surface area contributed by atoms with Crippen LogP contribution in [0.4, 0.5) is 0 Å². The van der Waals surface area contributed by atoms with Gasteiger partial charge in [-0.3, -0.25) is 0 Å². The van der Waals surface area contributed by atoms with Crippen LogP contribution in [0.1, 0.15) is 32.6 Å². The maximum Gasteiger partial charge on any atom is 0.118 e. The van der Waals surface area contributed by atoms with Crippen LogP contribution in [0.5, 0.6) is 0 Å². The van der Waals surface area contributed by atoms with Gasteiger partial charge in [0.05, 0.1) is 18.8 Å². The summed E-state index contributed by atoms with van der Waals surface area (Å²) in [5.74, 6) is 0.351. The minimum absolute atomic E-state index is 0.0518. The molecule has 13 heavy (non-hydrogen) atoms. The second kappa shape index (κ2) is 2.94. The van der Waals surface area contributed by atoms with Gasteiger partial charge in [-0.15, -0.1) is 0 Å². The molecular weight excluding hydrogens is 168 g/mol. The zero-order chi connectivity index (χ0) is 9.53. The van der Waals surface area contributed by atoms with Crippen LogP contribution >= 0.6 is 0 Å². The summed E-state index contributed by atoms with van der Waals surface area (Å²) in [5, 5.41) is 18.6. The minimum atomic E-state index is -0.648. The van der Waals surface area contributed by atoms with Crippen molar-refractivity contribution in [1.29, 1.82) is 0 Å². The Hall–Kier alpha value is -0.120. The highest BCUT2D eigenvalue weighted by Crippen LogP contribution is 2.49. The molecule has 2 heterocycles. The summed E-state index contributed by atoms with van der Waals surface area (Å²) < 4.78 is 5.86. The first kappa shape index (κ1) is 9.44. The number of ether oxygens (including phenoxy) is 1. The molecule has 3 fully saturated rings. The van der Waals surface area contributed by atoms with Gasteiger partial charge in [0.15, 0.2) is 0 Å². The van der Waals surface area contributed by atoms with Crippen LogP contribution in [0.25, 0.3) is 0 Å². The van der Waals surface area contributed by atoms with Gasteiger partial charge in [0, 0.05) is 0 Å². The maximum atomic E-state index is 9.29. The molecule has 2 bridgehead atoms. The van der Waals surface area contributed by atoms with Crippen LogP contribution in [0, 0.1) is 5.92 Å². The van der Waals surface area contributed by atoms with Crippen LogP contribution in [0.15, 0.2) is 0 Å². The molecule has 0 atom stereocenters. The number of hydrogen-bond donors (Lipinski definition) is 2. The Labute approximate surface area is 78.7 Å². The van der Waals surface area contributed by atoms with Gasteiger partial charge in [0.1, 0.15) is 5.60 Å². The lowest BCUT2D eigenvalue weighted by Gasteiger charge is -2.55. The van der Waals surface area contributed by atoms with E-state index in [2.05, 4.69) is 6.92 Å². The molecule has 0 aromatic rings. The zero-order valence-corrected chi connectivity index (χ0v) is 8.12. The van der Waals surface area contributed by atoms with Crippen LogP contribution in [-0.2, 0) is 4.74 Å². The number of fused-ring (bicyclic) bond motifs is 3. The second-order valence-corrected chi connectivity index (χ2v) is 4.71. The van der Waals surface area contributed by atoms with Crippen LogP contribution in [0.2, 0.25) is 0 Å². The normalized spacial score (nSPS) is 42.2. The summed E-state index contributed by atoms with van der Waals surface area (Å²) in [6.07, 6.45) is 4.30. The topological polar surface area (TPSA) is 49.7 Å². The molecule has 2 saturated heterocycles. The molecule has 0 amide bonds. The predicted molar refractivity (Wildman–Crippen MR) is 48.4 cm³/mol. The third-order valence-electron chi connectivity index (χ3n) is 3.77. The van der Waals surface area contributed by atoms with Gasteiger partial charge in [0.25, 0.3) is 0 Å². The molecule has 3 aliphatic rings. The maximum absolute atomic E-state index is 9.29. The molecule has 2 N–H and O–H groups in total. The van der Waals surface area contributed by atoms with Gasteiger partial charge >= 0.3 is 0 Å². The Morgan fingerprint density at radius 2 is 1.77 bits per heavy atom. The fourth-order valence-corrected chi connectivity index (χ4v) is 2.80. The summed E-state index contributed by atoms with van der Waals surface area (Å²) in [6.45, 7) is 1.98. The molecule has 0 aromatic carbocycles. The van der Waals surface area contributed by atoms with Gasteiger partial charge in [0.2, 0.25) is 0 Å². The quantitative estimate of drug-likeness (QED) is 0.667. The van der Waals surface area contributed by atoms with Crippen molar-refractivity contribution in [2.24, 2.45) is 5.92 Å². The molecule has 1 saturated carbocycles. The van der Waals surface area contributed by atoms with E-state index >= 15 is 0 Å². The van der Waals surface area contributed by atoms with E-state index in [4.69, 9.17) is 4.74 Å². The van der Waals surface area contributed by atoms with Crippen LogP contribution in [0.3, 0.4) is 0 Å². The average molecular weight is 186 g/mol. The summed E-state index contributed by atoms with van der Waals surface area (Å²) in [4.78, 5) is 0. The van der Waals surface area contributed by atoms with Gasteiger partial charge in [-0.2, -0.15) is 0 Å². The molecule has 2 aliphatic heterocycles. The summed E-state index contributed by atoms with van der Waals surface area (Å²) in [6, 6.07) is 0. The third kappa shape index (κ3) is 1.30. The van der Waals surface area contributed by atoms with Crippen molar-refractivity contribution in [1.82, 2.24) is 0 Å². The van der Waals surface area contributed by atoms with E-state index in [0.717, 1.165) is 25.7 Å². The second-order valence-electron chi connectivity index (χ2n) is 4.71. The molecule has 0 unspecified atom stereocenters. The van der Waals surface area contributed by atoms with Gasteiger partial charge in [-0.1, -0.05) is 0 Å². The van der Waals surface area contributed by atoms with E-state index in [1.54, 1.807) is 0 Å². The monoisotopic (exact) mass is 186 g/mol. The van der Waals surface area contributed by atoms with E-state index in [-0.39, 0.29) is 18.8 Å². The smallest absolute Gasteiger partial charge is 0.118 e. The van der Waals surface area contributed by atoms with Gasteiger partial charge in [-0.25, -0.2) is 0 Å². The highest BCUT2D eigenvalue weighted by molar-refractivity contribution is 5.01. The molecule has 3 rings (SSSR count). The van der Waals surface area contributed by atoms with E-state index in [9.17, 15) is 10.2 Å². The predicted octanol–water partition coefficient (Wildman–Crippen LogP) is 0.689. The first-order valence-electron chi connectivity index (χ1n) is 5.06. The van der Waals surface area contributed by atoms with E-state index in [0.29, 0.717) is 5.92 Å². The highest BCUT2D eigenvalue weighted by Gasteiger charge is 2.52. The summed E-state index contributed by atoms with van der Waals surface area (Å²) in [7, 11) is 0. The van der Waals surface area contributed by atoms with Crippen molar-refractivity contribution >= 4 is 0 Å². The summed E-state index contributed by atoms with van der Waals surface area (Å²) >= 11 is 0. The van der Waals surface area contributed by atoms with E-state index in [1.165, 1.54) is 0 Å². The fourth-order valence-electron chi connectivity index (χ4n) is 2.80. The van der Waals surface area contributed by atoms with Crippen molar-refractivity contribution in [2.75, 3.05) is 13.2 Å². The highest BCUT2D eigenvalue weighted by atomic mass is 16.5. The standard InChI is InChI=1S/C10H18O3/c1-9-4-2-8(3-5-9)10(6-11,7-12)13-9/h8,11-12H,2-7H2,1H3. The molecule has 76 valence electrons. The fraction of sp³-hybridized carbons (Fsp3) is 1.00. The lowest BCUT2D eigenvalue weighted by molar-refractivity contribution is -0.269. The SMILES string of the molecule is CC12CCC(CC1)C(CO)(CO)O2. The molecule has 0 spiro atoms. The lowest BCUT2D eigenvalue weighted by Crippen LogP contribution is -2.60. The number of aliphatic hydroxyl groups excluding tert-OH is 2. The number of aliphatic hydroxyl groups is 2. The molecule has 0 radical (unpaired) electrons. The lowest BCUT2D eigenvalue weighted by atomic mass is 9.68. The van der Waals surface area contributed by atoms with Crippen LogP contribution in [-0.4, -0.2) is 34.6 Å². The Morgan fingerprint density at radius 3 is 2.08 bits per heavy atom. The first-order chi connectivity index (χ1) is 6.14. The van der Waals surface area contributed by atoms with Crippen LogP contribution < -0.4 is 0 Å². The van der Waals surface area contributed by atoms with Crippen molar-refractivity contribution in [3.8, 4) is 0 Å². The summed E-state index contributed by atoms with van der Waals surface area (Å²) in [5.41, 5.74) is -0.745. The minimum Gasteiger partial charge on any atom is -0.393 e. The molecule has 3 heteroatoms. The number of rotatable bonds is 2. The van der Waals surface area contributed by atoms with Crippen molar-refractivity contribution in [2.45, 2.75) is 43.8 Å². The van der Waals surface area contributed by atoms with Gasteiger partial charge < -0.3 is 14.9 Å². The average Bonchev–Trinajstić information content (AvgIpc) is 2.17.